The molecule has 0 unspecified atom stereocenters. The van der Waals surface area contributed by atoms with Crippen LogP contribution in [-0.2, 0) is 16.0 Å². The molecule has 6 heteroatoms. The van der Waals surface area contributed by atoms with E-state index in [9.17, 15) is 9.59 Å². The van der Waals surface area contributed by atoms with Crippen LogP contribution in [0, 0.1) is 5.41 Å². The zero-order valence-electron chi connectivity index (χ0n) is 17.2. The minimum Gasteiger partial charge on any atom is -0.437 e. The predicted molar refractivity (Wildman–Crippen MR) is 119 cm³/mol. The topological polar surface area (TPSA) is 69.2 Å². The molecule has 0 amide bonds. The average Bonchev–Trinajstić information content (AvgIpc) is 2.66. The summed E-state index contributed by atoms with van der Waals surface area (Å²) in [5.74, 6) is 0.154. The van der Waals surface area contributed by atoms with Gasteiger partial charge in [-0.2, -0.15) is 0 Å². The molecule has 3 aromatic rings. The summed E-state index contributed by atoms with van der Waals surface area (Å²) in [5.41, 5.74) is 2.94. The molecule has 0 saturated heterocycles. The first kappa shape index (κ1) is 20.7. The Morgan fingerprint density at radius 3 is 2.50 bits per heavy atom. The Morgan fingerprint density at radius 2 is 1.80 bits per heavy atom. The number of hydrogen-bond acceptors (Lipinski definition) is 5. The number of rotatable bonds is 4. The summed E-state index contributed by atoms with van der Waals surface area (Å²) in [6, 6.07) is 11.2. The lowest BCUT2D eigenvalue weighted by molar-refractivity contribution is -0.135. The van der Waals surface area contributed by atoms with Crippen LogP contribution in [0.3, 0.4) is 0 Å². The first-order valence-corrected chi connectivity index (χ1v) is 10.8. The second-order valence-corrected chi connectivity index (χ2v) is 9.46. The average molecular weight is 467 g/mol. The van der Waals surface area contributed by atoms with E-state index in [1.54, 1.807) is 6.20 Å². The number of ether oxygens (including phenoxy) is 1. The molecule has 1 saturated carbocycles. The van der Waals surface area contributed by atoms with E-state index in [1.807, 2.05) is 57.2 Å². The summed E-state index contributed by atoms with van der Waals surface area (Å²) in [7, 11) is 0. The fourth-order valence-electron chi connectivity index (χ4n) is 4.10. The highest BCUT2D eigenvalue weighted by Gasteiger charge is 2.41. The van der Waals surface area contributed by atoms with Gasteiger partial charge in [-0.25, -0.2) is 9.97 Å². The number of ketones is 2. The van der Waals surface area contributed by atoms with Gasteiger partial charge in [0.2, 0.25) is 5.88 Å². The van der Waals surface area contributed by atoms with Gasteiger partial charge in [0.1, 0.15) is 23.2 Å². The highest BCUT2D eigenvalue weighted by molar-refractivity contribution is 9.10. The largest absolute Gasteiger partial charge is 0.437 e. The van der Waals surface area contributed by atoms with Gasteiger partial charge < -0.3 is 4.74 Å². The quantitative estimate of drug-likeness (QED) is 0.455. The number of carbonyl (C=O) groups is 2. The summed E-state index contributed by atoms with van der Waals surface area (Å²) in [6.45, 7) is 5.96. The summed E-state index contributed by atoms with van der Waals surface area (Å²) in [5, 5.41) is 0. The number of halogens is 1. The van der Waals surface area contributed by atoms with Crippen LogP contribution in [0.1, 0.15) is 50.7 Å². The van der Waals surface area contributed by atoms with Crippen LogP contribution in [0.4, 0.5) is 0 Å². The van der Waals surface area contributed by atoms with Crippen molar-refractivity contribution in [2.45, 2.75) is 46.0 Å². The van der Waals surface area contributed by atoms with Crippen LogP contribution in [-0.4, -0.2) is 21.5 Å². The van der Waals surface area contributed by atoms with Gasteiger partial charge >= 0.3 is 0 Å². The van der Waals surface area contributed by atoms with Crippen molar-refractivity contribution in [1.82, 2.24) is 9.97 Å². The van der Waals surface area contributed by atoms with E-state index in [1.165, 1.54) is 0 Å². The third kappa shape index (κ3) is 4.15. The van der Waals surface area contributed by atoms with Gasteiger partial charge in [-0.1, -0.05) is 42.8 Å². The van der Waals surface area contributed by atoms with Crippen LogP contribution < -0.4 is 4.74 Å². The normalized spacial score (nSPS) is 16.8. The fraction of sp³-hybridized carbons (Fsp3) is 0.333. The maximum absolute atomic E-state index is 12.8. The summed E-state index contributed by atoms with van der Waals surface area (Å²) in [6.07, 6.45) is 3.12. The summed E-state index contributed by atoms with van der Waals surface area (Å²) in [4.78, 5) is 34.6. The molecule has 1 fully saturated rings. The molecule has 30 heavy (non-hydrogen) atoms. The Bertz CT molecular complexity index is 1140. The SMILES string of the molecule is CCc1ccc(Oc2cnc3ccc(Br)cc3n2)cc1C1C(=O)CC(C)(C)CC1=O. The van der Waals surface area contributed by atoms with E-state index in [0.717, 1.165) is 27.5 Å². The number of aromatic nitrogens is 2. The zero-order valence-corrected chi connectivity index (χ0v) is 18.8. The van der Waals surface area contributed by atoms with Gasteiger partial charge in [-0.15, -0.1) is 0 Å². The van der Waals surface area contributed by atoms with Crippen molar-refractivity contribution < 1.29 is 14.3 Å². The van der Waals surface area contributed by atoms with Gasteiger partial charge in [0.15, 0.2) is 0 Å². The van der Waals surface area contributed by atoms with E-state index < -0.39 is 5.92 Å². The van der Waals surface area contributed by atoms with Crippen molar-refractivity contribution in [2.75, 3.05) is 0 Å². The molecule has 1 aliphatic rings. The number of carbonyl (C=O) groups excluding carboxylic acids is 2. The fourth-order valence-corrected chi connectivity index (χ4v) is 4.45. The molecule has 0 bridgehead atoms. The first-order valence-electron chi connectivity index (χ1n) is 10.0. The maximum atomic E-state index is 12.8. The number of aryl methyl sites for hydroxylation is 1. The van der Waals surface area contributed by atoms with Crippen molar-refractivity contribution in [2.24, 2.45) is 5.41 Å². The lowest BCUT2D eigenvalue weighted by atomic mass is 9.69. The number of Topliss-reactive ketones (excluding diaryl/α,β-unsaturated/α-hetero) is 2. The molecular formula is C24H23BrN2O3. The van der Waals surface area contributed by atoms with Crippen LogP contribution >= 0.6 is 15.9 Å². The molecule has 4 rings (SSSR count). The molecule has 0 N–H and O–H groups in total. The zero-order chi connectivity index (χ0) is 21.5. The van der Waals surface area contributed by atoms with Gasteiger partial charge in [-0.3, -0.25) is 9.59 Å². The third-order valence-corrected chi connectivity index (χ3v) is 5.96. The van der Waals surface area contributed by atoms with Crippen LogP contribution in [0.5, 0.6) is 11.6 Å². The second kappa shape index (κ2) is 7.91. The van der Waals surface area contributed by atoms with E-state index in [2.05, 4.69) is 25.9 Å². The van der Waals surface area contributed by atoms with Gasteiger partial charge in [-0.05, 0) is 53.3 Å². The number of nitrogens with zero attached hydrogens (tertiary/aromatic N) is 2. The third-order valence-electron chi connectivity index (χ3n) is 5.46. The molecule has 2 aromatic carbocycles. The molecule has 1 aromatic heterocycles. The minimum absolute atomic E-state index is 0.0153. The smallest absolute Gasteiger partial charge is 0.238 e. The molecule has 1 heterocycles. The molecule has 0 aliphatic heterocycles. The Labute approximate surface area is 184 Å². The van der Waals surface area contributed by atoms with E-state index >= 15 is 0 Å². The Morgan fingerprint density at radius 1 is 1.07 bits per heavy atom. The predicted octanol–water partition coefficient (Wildman–Crippen LogP) is 5.79. The van der Waals surface area contributed by atoms with Crippen molar-refractivity contribution in [3.8, 4) is 11.6 Å². The Hall–Kier alpha value is -2.60. The standard InChI is InChI=1S/C24H23BrN2O3/c1-4-14-5-7-16(10-17(14)23-20(28)11-24(2,3)12-21(23)29)30-22-13-26-18-8-6-15(25)9-19(18)27-22/h5-10,13,23H,4,11-12H2,1-3H3. The lowest BCUT2D eigenvalue weighted by Crippen LogP contribution is -2.36. The van der Waals surface area contributed by atoms with Crippen molar-refractivity contribution in [1.29, 1.82) is 0 Å². The van der Waals surface area contributed by atoms with Gasteiger partial charge in [0.25, 0.3) is 0 Å². The highest BCUT2D eigenvalue weighted by Crippen LogP contribution is 2.40. The number of hydrogen-bond donors (Lipinski definition) is 0. The van der Waals surface area contributed by atoms with Crippen molar-refractivity contribution >= 4 is 38.5 Å². The summed E-state index contributed by atoms with van der Waals surface area (Å²) >= 11 is 3.44. The molecule has 0 radical (unpaired) electrons. The molecular weight excluding hydrogens is 444 g/mol. The summed E-state index contributed by atoms with van der Waals surface area (Å²) < 4.78 is 6.87. The minimum atomic E-state index is -0.713. The van der Waals surface area contributed by atoms with Crippen LogP contribution in [0.2, 0.25) is 0 Å². The van der Waals surface area contributed by atoms with E-state index in [0.29, 0.717) is 30.0 Å². The van der Waals surface area contributed by atoms with E-state index in [4.69, 9.17) is 4.74 Å². The molecule has 154 valence electrons. The highest BCUT2D eigenvalue weighted by atomic mass is 79.9. The maximum Gasteiger partial charge on any atom is 0.238 e. The Kier molecular flexibility index (Phi) is 5.45. The number of benzene rings is 2. The van der Waals surface area contributed by atoms with Crippen LogP contribution in [0.15, 0.2) is 47.1 Å². The molecule has 1 aliphatic carbocycles. The van der Waals surface area contributed by atoms with Crippen molar-refractivity contribution in [3.63, 3.8) is 0 Å². The molecule has 5 nitrogen and oxygen atoms in total. The Balaban J connectivity index is 1.68. The molecule has 0 spiro atoms. The second-order valence-electron chi connectivity index (χ2n) is 8.54. The number of fused-ring (bicyclic) bond motifs is 1. The monoisotopic (exact) mass is 466 g/mol. The molecule has 0 atom stereocenters. The van der Waals surface area contributed by atoms with Crippen molar-refractivity contribution in [3.05, 3.63) is 58.2 Å². The van der Waals surface area contributed by atoms with Gasteiger partial charge in [0, 0.05) is 17.3 Å². The van der Waals surface area contributed by atoms with Crippen LogP contribution in [0.25, 0.3) is 11.0 Å². The van der Waals surface area contributed by atoms with E-state index in [-0.39, 0.29) is 17.0 Å². The van der Waals surface area contributed by atoms with Gasteiger partial charge in [0.05, 0.1) is 17.2 Å². The lowest BCUT2D eigenvalue weighted by Gasteiger charge is -2.33. The first-order chi connectivity index (χ1) is 14.3.